The molecule has 1 aromatic carbocycles. The quantitative estimate of drug-likeness (QED) is 0.876. The van der Waals surface area contributed by atoms with Crippen LogP contribution in [0.1, 0.15) is 16.7 Å². The molecule has 18 heavy (non-hydrogen) atoms. The summed E-state index contributed by atoms with van der Waals surface area (Å²) in [4.78, 5) is 4.90. The van der Waals surface area contributed by atoms with E-state index in [0.29, 0.717) is 6.04 Å². The van der Waals surface area contributed by atoms with E-state index in [4.69, 9.17) is 5.73 Å². The van der Waals surface area contributed by atoms with Crippen molar-refractivity contribution in [1.29, 1.82) is 0 Å². The van der Waals surface area contributed by atoms with Gasteiger partial charge in [-0.25, -0.2) is 0 Å². The average Bonchev–Trinajstić information content (AvgIpc) is 2.34. The minimum Gasteiger partial charge on any atom is -0.329 e. The third-order valence-electron chi connectivity index (χ3n) is 3.95. The second-order valence-corrected chi connectivity index (χ2v) is 5.55. The molecule has 1 atom stereocenters. The van der Waals surface area contributed by atoms with Gasteiger partial charge in [0.15, 0.2) is 0 Å². The average molecular weight is 247 g/mol. The number of piperazine rings is 1. The van der Waals surface area contributed by atoms with Crippen molar-refractivity contribution < 1.29 is 0 Å². The van der Waals surface area contributed by atoms with Crippen LogP contribution in [-0.4, -0.2) is 49.1 Å². The lowest BCUT2D eigenvalue weighted by Crippen LogP contribution is -2.54. The summed E-state index contributed by atoms with van der Waals surface area (Å²) in [5.41, 5.74) is 10.1. The summed E-state index contributed by atoms with van der Waals surface area (Å²) >= 11 is 0. The Balaban J connectivity index is 2.07. The SMILES string of the molecule is Cc1ccc(CN2CCN(C)CC2CN)c(C)c1. The fraction of sp³-hybridized carbons (Fsp3) is 0.600. The van der Waals surface area contributed by atoms with Gasteiger partial charge in [0.25, 0.3) is 0 Å². The molecule has 1 fully saturated rings. The zero-order chi connectivity index (χ0) is 13.1. The number of hydrogen-bond donors (Lipinski definition) is 1. The van der Waals surface area contributed by atoms with Crippen LogP contribution in [0.15, 0.2) is 18.2 Å². The van der Waals surface area contributed by atoms with Crippen LogP contribution in [0.4, 0.5) is 0 Å². The van der Waals surface area contributed by atoms with Gasteiger partial charge in [-0.05, 0) is 32.0 Å². The van der Waals surface area contributed by atoms with Crippen molar-refractivity contribution in [3.8, 4) is 0 Å². The van der Waals surface area contributed by atoms with E-state index in [2.05, 4.69) is 48.9 Å². The molecule has 0 amide bonds. The predicted molar refractivity (Wildman–Crippen MR) is 76.7 cm³/mol. The molecule has 1 aliphatic rings. The summed E-state index contributed by atoms with van der Waals surface area (Å²) in [5, 5.41) is 0. The first-order valence-electron chi connectivity index (χ1n) is 6.79. The lowest BCUT2D eigenvalue weighted by molar-refractivity contribution is 0.0879. The number of hydrogen-bond acceptors (Lipinski definition) is 3. The Labute approximate surface area is 111 Å². The highest BCUT2D eigenvalue weighted by Crippen LogP contribution is 2.16. The van der Waals surface area contributed by atoms with Gasteiger partial charge in [-0.1, -0.05) is 23.8 Å². The van der Waals surface area contributed by atoms with E-state index >= 15 is 0 Å². The summed E-state index contributed by atoms with van der Waals surface area (Å²) in [6.07, 6.45) is 0. The molecule has 1 heterocycles. The molecule has 1 aliphatic heterocycles. The Morgan fingerprint density at radius 3 is 2.72 bits per heavy atom. The third-order valence-corrected chi connectivity index (χ3v) is 3.95. The van der Waals surface area contributed by atoms with Crippen LogP contribution in [0.3, 0.4) is 0 Å². The van der Waals surface area contributed by atoms with Crippen LogP contribution in [0, 0.1) is 13.8 Å². The van der Waals surface area contributed by atoms with Crippen LogP contribution in [0.5, 0.6) is 0 Å². The molecule has 3 heteroatoms. The van der Waals surface area contributed by atoms with Crippen LogP contribution in [0.2, 0.25) is 0 Å². The first-order chi connectivity index (χ1) is 8.60. The van der Waals surface area contributed by atoms with Crippen LogP contribution in [0.25, 0.3) is 0 Å². The van der Waals surface area contributed by atoms with E-state index < -0.39 is 0 Å². The van der Waals surface area contributed by atoms with Gasteiger partial charge in [-0.3, -0.25) is 4.90 Å². The smallest absolute Gasteiger partial charge is 0.0349 e. The van der Waals surface area contributed by atoms with E-state index in [1.165, 1.54) is 16.7 Å². The lowest BCUT2D eigenvalue weighted by Gasteiger charge is -2.39. The summed E-state index contributed by atoms with van der Waals surface area (Å²) in [5.74, 6) is 0. The maximum absolute atomic E-state index is 5.90. The normalized spacial score (nSPS) is 22.3. The Bertz CT molecular complexity index is 403. The molecule has 3 nitrogen and oxygen atoms in total. The molecule has 2 rings (SSSR count). The summed E-state index contributed by atoms with van der Waals surface area (Å²) < 4.78 is 0. The van der Waals surface area contributed by atoms with Crippen molar-refractivity contribution in [2.45, 2.75) is 26.4 Å². The maximum Gasteiger partial charge on any atom is 0.0349 e. The van der Waals surface area contributed by atoms with Crippen molar-refractivity contribution in [2.24, 2.45) is 5.73 Å². The van der Waals surface area contributed by atoms with E-state index in [1.807, 2.05) is 0 Å². The number of likely N-dealkylation sites (N-methyl/N-ethyl adjacent to an activating group) is 1. The number of aryl methyl sites for hydroxylation is 2. The van der Waals surface area contributed by atoms with Crippen LogP contribution in [-0.2, 0) is 6.54 Å². The summed E-state index contributed by atoms with van der Waals surface area (Å²) in [6, 6.07) is 7.22. The summed E-state index contributed by atoms with van der Waals surface area (Å²) in [6.45, 7) is 9.47. The maximum atomic E-state index is 5.90. The predicted octanol–water partition coefficient (Wildman–Crippen LogP) is 1.38. The Hall–Kier alpha value is -0.900. The van der Waals surface area contributed by atoms with Gasteiger partial charge in [0.2, 0.25) is 0 Å². The van der Waals surface area contributed by atoms with E-state index in [0.717, 1.165) is 32.7 Å². The molecule has 1 aromatic rings. The molecule has 0 aliphatic carbocycles. The fourth-order valence-electron chi connectivity index (χ4n) is 2.72. The molecule has 0 aromatic heterocycles. The van der Waals surface area contributed by atoms with Crippen LogP contribution < -0.4 is 5.73 Å². The molecule has 1 unspecified atom stereocenters. The zero-order valence-electron chi connectivity index (χ0n) is 11.8. The van der Waals surface area contributed by atoms with Gasteiger partial charge in [0, 0.05) is 38.8 Å². The Morgan fingerprint density at radius 2 is 2.06 bits per heavy atom. The summed E-state index contributed by atoms with van der Waals surface area (Å²) in [7, 11) is 2.18. The molecular formula is C15H25N3. The molecule has 1 saturated heterocycles. The van der Waals surface area contributed by atoms with Crippen LogP contribution >= 0.6 is 0 Å². The zero-order valence-corrected chi connectivity index (χ0v) is 11.8. The van der Waals surface area contributed by atoms with E-state index in [9.17, 15) is 0 Å². The number of nitrogens with two attached hydrogens (primary N) is 1. The molecule has 0 radical (unpaired) electrons. The van der Waals surface area contributed by atoms with Crippen molar-refractivity contribution in [3.05, 3.63) is 34.9 Å². The topological polar surface area (TPSA) is 32.5 Å². The Kier molecular flexibility index (Phi) is 4.38. The van der Waals surface area contributed by atoms with Crippen molar-refractivity contribution in [3.63, 3.8) is 0 Å². The van der Waals surface area contributed by atoms with Gasteiger partial charge in [-0.15, -0.1) is 0 Å². The minimum absolute atomic E-state index is 0.490. The second-order valence-electron chi connectivity index (χ2n) is 5.55. The van der Waals surface area contributed by atoms with Crippen molar-refractivity contribution in [1.82, 2.24) is 9.80 Å². The van der Waals surface area contributed by atoms with Gasteiger partial charge in [0.1, 0.15) is 0 Å². The first-order valence-corrected chi connectivity index (χ1v) is 6.79. The van der Waals surface area contributed by atoms with Gasteiger partial charge in [-0.2, -0.15) is 0 Å². The second kappa shape index (κ2) is 5.83. The number of benzene rings is 1. The fourth-order valence-corrected chi connectivity index (χ4v) is 2.72. The van der Waals surface area contributed by atoms with Crippen molar-refractivity contribution in [2.75, 3.05) is 33.2 Å². The highest BCUT2D eigenvalue weighted by Gasteiger charge is 2.24. The third kappa shape index (κ3) is 3.10. The molecule has 0 saturated carbocycles. The van der Waals surface area contributed by atoms with E-state index in [1.54, 1.807) is 0 Å². The number of nitrogens with zero attached hydrogens (tertiary/aromatic N) is 2. The monoisotopic (exact) mass is 247 g/mol. The van der Waals surface area contributed by atoms with Crippen molar-refractivity contribution >= 4 is 0 Å². The minimum atomic E-state index is 0.490. The molecule has 2 N–H and O–H groups in total. The molecular weight excluding hydrogens is 222 g/mol. The standard InChI is InChI=1S/C15H25N3/c1-12-4-5-14(13(2)8-12)10-18-7-6-17(3)11-15(18)9-16/h4-5,8,15H,6-7,9-11,16H2,1-3H3. The molecule has 0 bridgehead atoms. The van der Waals surface area contributed by atoms with Gasteiger partial charge >= 0.3 is 0 Å². The van der Waals surface area contributed by atoms with Gasteiger partial charge < -0.3 is 10.6 Å². The molecule has 0 spiro atoms. The largest absolute Gasteiger partial charge is 0.329 e. The number of rotatable bonds is 3. The van der Waals surface area contributed by atoms with Gasteiger partial charge in [0.05, 0.1) is 0 Å². The molecule has 100 valence electrons. The van der Waals surface area contributed by atoms with E-state index in [-0.39, 0.29) is 0 Å². The highest BCUT2D eigenvalue weighted by molar-refractivity contribution is 5.30. The lowest BCUT2D eigenvalue weighted by atomic mass is 10.0. The highest BCUT2D eigenvalue weighted by atomic mass is 15.3. The first kappa shape index (κ1) is 13.5. The Morgan fingerprint density at radius 1 is 1.28 bits per heavy atom.